The highest BCUT2D eigenvalue weighted by Gasteiger charge is 2.51. The average molecular weight is 561 g/mol. The molecule has 1 aromatic heterocycles. The Labute approximate surface area is 252 Å². The van der Waals surface area contributed by atoms with E-state index < -0.39 is 18.3 Å². The van der Waals surface area contributed by atoms with Crippen LogP contribution in [-0.4, -0.2) is 33.3 Å². The Bertz CT molecular complexity index is 1870. The molecule has 1 aliphatic rings. The summed E-state index contributed by atoms with van der Waals surface area (Å²) in [5, 5.41) is 2.29. The summed E-state index contributed by atoms with van der Waals surface area (Å²) in [5.74, 6) is 1.91. The second-order valence-corrected chi connectivity index (χ2v) is 12.0. The molecule has 0 N–H and O–H groups in total. The van der Waals surface area contributed by atoms with Crippen LogP contribution in [0.4, 0.5) is 0 Å². The molecule has 0 bridgehead atoms. The third-order valence-corrected chi connectivity index (χ3v) is 8.54. The van der Waals surface area contributed by atoms with Crippen LogP contribution in [0.15, 0.2) is 121 Å². The molecule has 6 heteroatoms. The SMILES string of the molecule is CC1(C)OB(c2cc(-c3cccc(-c4nc(-c5ccccc5)nc(-c5ccccc5)n4)c3)c3ccccc3c2)OC1(C)C. The van der Waals surface area contributed by atoms with Gasteiger partial charge < -0.3 is 9.31 Å². The lowest BCUT2D eigenvalue weighted by molar-refractivity contribution is 0.00578. The second-order valence-electron chi connectivity index (χ2n) is 12.0. The van der Waals surface area contributed by atoms with E-state index in [1.807, 2.05) is 60.7 Å². The van der Waals surface area contributed by atoms with E-state index in [0.29, 0.717) is 17.5 Å². The summed E-state index contributed by atoms with van der Waals surface area (Å²) in [6.45, 7) is 8.34. The number of aromatic nitrogens is 3. The average Bonchev–Trinajstić information content (AvgIpc) is 3.27. The Hall–Kier alpha value is -4.65. The maximum Gasteiger partial charge on any atom is 0.494 e. The van der Waals surface area contributed by atoms with Gasteiger partial charge in [-0.15, -0.1) is 0 Å². The molecule has 43 heavy (non-hydrogen) atoms. The normalized spacial score (nSPS) is 15.6. The number of benzene rings is 5. The Morgan fingerprint density at radius 1 is 0.488 bits per heavy atom. The molecule has 7 rings (SSSR count). The molecule has 0 spiro atoms. The summed E-state index contributed by atoms with van der Waals surface area (Å²) in [7, 11) is -0.457. The van der Waals surface area contributed by atoms with Crippen LogP contribution in [0.5, 0.6) is 0 Å². The van der Waals surface area contributed by atoms with Crippen molar-refractivity contribution in [2.45, 2.75) is 38.9 Å². The van der Waals surface area contributed by atoms with Gasteiger partial charge >= 0.3 is 7.12 Å². The van der Waals surface area contributed by atoms with Gasteiger partial charge in [0, 0.05) is 16.7 Å². The molecule has 210 valence electrons. The number of nitrogens with zero attached hydrogens (tertiary/aromatic N) is 3. The van der Waals surface area contributed by atoms with Crippen molar-refractivity contribution in [3.63, 3.8) is 0 Å². The fourth-order valence-electron chi connectivity index (χ4n) is 5.45. The van der Waals surface area contributed by atoms with Crippen molar-refractivity contribution in [3.05, 3.63) is 121 Å². The summed E-state index contributed by atoms with van der Waals surface area (Å²) >= 11 is 0. The van der Waals surface area contributed by atoms with Gasteiger partial charge in [0.2, 0.25) is 0 Å². The van der Waals surface area contributed by atoms with E-state index in [4.69, 9.17) is 24.3 Å². The first kappa shape index (κ1) is 27.2. The number of fused-ring (bicyclic) bond motifs is 1. The van der Waals surface area contributed by atoms with Crippen molar-refractivity contribution in [2.75, 3.05) is 0 Å². The Balaban J connectivity index is 1.36. The van der Waals surface area contributed by atoms with Gasteiger partial charge in [0.05, 0.1) is 11.2 Å². The molecule has 0 unspecified atom stereocenters. The largest absolute Gasteiger partial charge is 0.494 e. The monoisotopic (exact) mass is 561 g/mol. The lowest BCUT2D eigenvalue weighted by atomic mass is 9.76. The van der Waals surface area contributed by atoms with Crippen LogP contribution in [-0.2, 0) is 9.31 Å². The smallest absolute Gasteiger partial charge is 0.399 e. The van der Waals surface area contributed by atoms with E-state index in [-0.39, 0.29) is 0 Å². The lowest BCUT2D eigenvalue weighted by Crippen LogP contribution is -2.41. The Kier molecular flexibility index (Phi) is 6.68. The fraction of sp³-hybridized carbons (Fsp3) is 0.162. The maximum atomic E-state index is 6.44. The van der Waals surface area contributed by atoms with Gasteiger partial charge in [-0.2, -0.15) is 0 Å². The van der Waals surface area contributed by atoms with Gasteiger partial charge in [-0.25, -0.2) is 15.0 Å². The minimum Gasteiger partial charge on any atom is -0.399 e. The highest BCUT2D eigenvalue weighted by Crippen LogP contribution is 2.38. The van der Waals surface area contributed by atoms with Crippen LogP contribution in [0.2, 0.25) is 0 Å². The fourth-order valence-corrected chi connectivity index (χ4v) is 5.45. The van der Waals surface area contributed by atoms with E-state index >= 15 is 0 Å². The highest BCUT2D eigenvalue weighted by atomic mass is 16.7. The molecule has 5 aromatic carbocycles. The van der Waals surface area contributed by atoms with Crippen LogP contribution < -0.4 is 5.46 Å². The van der Waals surface area contributed by atoms with Gasteiger partial charge in [-0.1, -0.05) is 115 Å². The summed E-state index contributed by atoms with van der Waals surface area (Å²) in [4.78, 5) is 14.7. The zero-order valence-corrected chi connectivity index (χ0v) is 24.8. The Morgan fingerprint density at radius 3 is 1.58 bits per heavy atom. The van der Waals surface area contributed by atoms with Crippen molar-refractivity contribution < 1.29 is 9.31 Å². The first-order valence-corrected chi connectivity index (χ1v) is 14.6. The van der Waals surface area contributed by atoms with E-state index in [1.54, 1.807) is 0 Å². The van der Waals surface area contributed by atoms with Gasteiger partial charge in [0.15, 0.2) is 17.5 Å². The molecule has 6 aromatic rings. The van der Waals surface area contributed by atoms with E-state index in [9.17, 15) is 0 Å². The van der Waals surface area contributed by atoms with Crippen molar-refractivity contribution in [1.29, 1.82) is 0 Å². The summed E-state index contributed by atoms with van der Waals surface area (Å²) in [6, 6.07) is 41.3. The van der Waals surface area contributed by atoms with Crippen molar-refractivity contribution >= 4 is 23.4 Å². The van der Waals surface area contributed by atoms with Crippen LogP contribution >= 0.6 is 0 Å². The predicted molar refractivity (Wildman–Crippen MR) is 175 cm³/mol. The topological polar surface area (TPSA) is 57.1 Å². The molecule has 0 amide bonds. The van der Waals surface area contributed by atoms with Gasteiger partial charge in [0.25, 0.3) is 0 Å². The Morgan fingerprint density at radius 2 is 0.977 bits per heavy atom. The molecular formula is C37H32BN3O2. The van der Waals surface area contributed by atoms with Crippen molar-refractivity contribution in [2.24, 2.45) is 0 Å². The standard InChI is InChI=1S/C37H32BN3O2/c1-36(2)37(3,4)43-38(42-36)30-23-28-18-11-12-21-31(28)32(24-30)27-19-13-20-29(22-27)35-40-33(25-14-7-5-8-15-25)39-34(41-35)26-16-9-6-10-17-26/h5-24H,1-4H3. The third-order valence-electron chi connectivity index (χ3n) is 8.54. The van der Waals surface area contributed by atoms with Gasteiger partial charge in [0.1, 0.15) is 0 Å². The van der Waals surface area contributed by atoms with E-state index in [1.165, 1.54) is 0 Å². The highest BCUT2D eigenvalue weighted by molar-refractivity contribution is 6.62. The minimum atomic E-state index is -0.457. The van der Waals surface area contributed by atoms with Gasteiger partial charge in [-0.3, -0.25) is 0 Å². The van der Waals surface area contributed by atoms with E-state index in [2.05, 4.69) is 88.4 Å². The van der Waals surface area contributed by atoms with Crippen LogP contribution in [0.1, 0.15) is 27.7 Å². The zero-order valence-electron chi connectivity index (χ0n) is 24.8. The zero-order chi connectivity index (χ0) is 29.6. The predicted octanol–water partition coefficient (Wildman–Crippen LogP) is 7.99. The van der Waals surface area contributed by atoms with Gasteiger partial charge in [-0.05, 0) is 61.1 Å². The van der Waals surface area contributed by atoms with Crippen molar-refractivity contribution in [1.82, 2.24) is 15.0 Å². The third kappa shape index (κ3) is 5.14. The molecular weight excluding hydrogens is 529 g/mol. The number of hydrogen-bond acceptors (Lipinski definition) is 5. The maximum absolute atomic E-state index is 6.44. The summed E-state index contributed by atoms with van der Waals surface area (Å²) in [5.41, 5.74) is 5.13. The summed E-state index contributed by atoms with van der Waals surface area (Å²) < 4.78 is 12.9. The quantitative estimate of drug-likeness (QED) is 0.200. The molecule has 2 heterocycles. The molecule has 0 aliphatic carbocycles. The van der Waals surface area contributed by atoms with Crippen LogP contribution in [0.3, 0.4) is 0 Å². The number of rotatable bonds is 5. The molecule has 1 saturated heterocycles. The first-order valence-electron chi connectivity index (χ1n) is 14.6. The first-order chi connectivity index (χ1) is 20.8. The second kappa shape index (κ2) is 10.6. The summed E-state index contributed by atoms with van der Waals surface area (Å²) in [6.07, 6.45) is 0. The molecule has 0 radical (unpaired) electrons. The molecule has 0 atom stereocenters. The molecule has 0 saturated carbocycles. The molecule has 1 aliphatic heterocycles. The van der Waals surface area contributed by atoms with Crippen molar-refractivity contribution in [3.8, 4) is 45.3 Å². The van der Waals surface area contributed by atoms with Crippen LogP contribution in [0, 0.1) is 0 Å². The van der Waals surface area contributed by atoms with E-state index in [0.717, 1.165) is 44.1 Å². The lowest BCUT2D eigenvalue weighted by Gasteiger charge is -2.32. The minimum absolute atomic E-state index is 0.422. The molecule has 1 fully saturated rings. The number of hydrogen-bond donors (Lipinski definition) is 0. The van der Waals surface area contributed by atoms with Crippen LogP contribution in [0.25, 0.3) is 56.1 Å². The molecule has 5 nitrogen and oxygen atoms in total.